The summed E-state index contributed by atoms with van der Waals surface area (Å²) in [6.45, 7) is 2.05. The first-order valence-electron chi connectivity index (χ1n) is 9.58. The highest BCUT2D eigenvalue weighted by Crippen LogP contribution is 2.25. The molecule has 4 rings (SSSR count). The van der Waals surface area contributed by atoms with Crippen molar-refractivity contribution in [3.05, 3.63) is 70.8 Å². The molecule has 1 aliphatic rings. The Morgan fingerprint density at radius 1 is 1.14 bits per heavy atom. The molecule has 1 saturated heterocycles. The van der Waals surface area contributed by atoms with Gasteiger partial charge in [0.05, 0.1) is 19.2 Å². The van der Waals surface area contributed by atoms with Crippen LogP contribution in [0.3, 0.4) is 0 Å². The molecule has 152 valence electrons. The van der Waals surface area contributed by atoms with Gasteiger partial charge in [-0.1, -0.05) is 35.5 Å². The van der Waals surface area contributed by atoms with Gasteiger partial charge in [0.1, 0.15) is 5.82 Å². The predicted molar refractivity (Wildman–Crippen MR) is 114 cm³/mol. The van der Waals surface area contributed by atoms with E-state index < -0.39 is 0 Å². The third kappa shape index (κ3) is 5.50. The van der Waals surface area contributed by atoms with Crippen molar-refractivity contribution in [3.63, 3.8) is 0 Å². The Labute approximate surface area is 178 Å². The highest BCUT2D eigenvalue weighted by Gasteiger charge is 2.21. The number of nitrogens with one attached hydrogen (secondary N) is 1. The van der Waals surface area contributed by atoms with Crippen molar-refractivity contribution >= 4 is 29.1 Å². The first-order valence-corrected chi connectivity index (χ1v) is 10.9. The minimum atomic E-state index is -0.252. The van der Waals surface area contributed by atoms with Gasteiger partial charge in [-0.15, -0.1) is 10.2 Å². The summed E-state index contributed by atoms with van der Waals surface area (Å²) >= 11 is 7.62. The fraction of sp³-hybridized carbons (Fsp3) is 0.333. The summed E-state index contributed by atoms with van der Waals surface area (Å²) in [5.74, 6) is 1.37. The smallest absolute Gasteiger partial charge is 0.191 e. The molecular formula is C21H22ClFN4OS. The van der Waals surface area contributed by atoms with Gasteiger partial charge in [0.15, 0.2) is 11.0 Å². The molecule has 0 spiro atoms. The molecule has 0 saturated carbocycles. The molecule has 1 fully saturated rings. The van der Waals surface area contributed by atoms with Crippen LogP contribution in [-0.2, 0) is 23.6 Å². The number of aromatic nitrogens is 3. The number of halogens is 2. The lowest BCUT2D eigenvalue weighted by Gasteiger charge is -2.15. The summed E-state index contributed by atoms with van der Waals surface area (Å²) in [5, 5.41) is 13.7. The van der Waals surface area contributed by atoms with E-state index in [2.05, 4.69) is 20.1 Å². The molecular weight excluding hydrogens is 411 g/mol. The summed E-state index contributed by atoms with van der Waals surface area (Å²) in [5.41, 5.74) is 2.02. The standard InChI is InChI=1S/C21H22ClFN4OS/c22-16-5-3-15(4-6-16)14-29-21-26-25-20(27(21)13-19-2-1-11-28-19)12-24-18-9-7-17(23)8-10-18/h3-10,19,24H,1-2,11-14H2/t19-/m1/s1. The van der Waals surface area contributed by atoms with Crippen molar-refractivity contribution in [2.75, 3.05) is 11.9 Å². The molecule has 0 radical (unpaired) electrons. The van der Waals surface area contributed by atoms with E-state index in [1.165, 1.54) is 17.7 Å². The molecule has 0 aliphatic carbocycles. The van der Waals surface area contributed by atoms with Crippen molar-refractivity contribution in [2.45, 2.75) is 42.9 Å². The quantitative estimate of drug-likeness (QED) is 0.498. The Morgan fingerprint density at radius 2 is 1.93 bits per heavy atom. The van der Waals surface area contributed by atoms with Crippen molar-refractivity contribution in [1.82, 2.24) is 14.8 Å². The second-order valence-electron chi connectivity index (χ2n) is 6.92. The maximum Gasteiger partial charge on any atom is 0.191 e. The van der Waals surface area contributed by atoms with Crippen LogP contribution in [-0.4, -0.2) is 27.5 Å². The molecule has 8 heteroatoms. The molecule has 2 heterocycles. The highest BCUT2D eigenvalue weighted by atomic mass is 35.5. The number of benzene rings is 2. The summed E-state index contributed by atoms with van der Waals surface area (Å²) in [6, 6.07) is 14.1. The first-order chi connectivity index (χ1) is 14.2. The van der Waals surface area contributed by atoms with E-state index in [4.69, 9.17) is 16.3 Å². The van der Waals surface area contributed by atoms with E-state index >= 15 is 0 Å². The second-order valence-corrected chi connectivity index (χ2v) is 8.30. The average molecular weight is 433 g/mol. The zero-order chi connectivity index (χ0) is 20.1. The zero-order valence-corrected chi connectivity index (χ0v) is 17.4. The molecule has 0 unspecified atom stereocenters. The lowest BCUT2D eigenvalue weighted by molar-refractivity contribution is 0.0942. The highest BCUT2D eigenvalue weighted by molar-refractivity contribution is 7.98. The monoisotopic (exact) mass is 432 g/mol. The molecule has 1 atom stereocenters. The number of hydrogen-bond donors (Lipinski definition) is 1. The maximum absolute atomic E-state index is 13.1. The van der Waals surface area contributed by atoms with Crippen LogP contribution in [0.15, 0.2) is 53.7 Å². The van der Waals surface area contributed by atoms with Crippen LogP contribution < -0.4 is 5.32 Å². The van der Waals surface area contributed by atoms with Crippen LogP contribution in [0.4, 0.5) is 10.1 Å². The minimum absolute atomic E-state index is 0.186. The van der Waals surface area contributed by atoms with Gasteiger partial charge < -0.3 is 14.6 Å². The Hall–Kier alpha value is -2.09. The van der Waals surface area contributed by atoms with Crippen molar-refractivity contribution in [2.24, 2.45) is 0 Å². The average Bonchev–Trinajstić information content (AvgIpc) is 3.38. The van der Waals surface area contributed by atoms with E-state index in [0.29, 0.717) is 6.54 Å². The summed E-state index contributed by atoms with van der Waals surface area (Å²) in [6.07, 6.45) is 2.32. The van der Waals surface area contributed by atoms with E-state index in [1.54, 1.807) is 23.9 Å². The number of nitrogens with zero attached hydrogens (tertiary/aromatic N) is 3. The topological polar surface area (TPSA) is 52.0 Å². The second kappa shape index (κ2) is 9.61. The van der Waals surface area contributed by atoms with Gasteiger partial charge in [-0.05, 0) is 54.8 Å². The number of thioether (sulfide) groups is 1. The van der Waals surface area contributed by atoms with Gasteiger partial charge in [-0.2, -0.15) is 0 Å². The molecule has 1 aromatic heterocycles. The molecule has 1 N–H and O–H groups in total. The Balaban J connectivity index is 1.47. The molecule has 2 aromatic carbocycles. The normalized spacial score (nSPS) is 16.3. The van der Waals surface area contributed by atoms with Gasteiger partial charge in [0, 0.05) is 23.1 Å². The minimum Gasteiger partial charge on any atom is -0.378 e. The van der Waals surface area contributed by atoms with Crippen molar-refractivity contribution < 1.29 is 9.13 Å². The molecule has 29 heavy (non-hydrogen) atoms. The van der Waals surface area contributed by atoms with Crippen LogP contribution in [0, 0.1) is 5.82 Å². The Kier molecular flexibility index (Phi) is 6.69. The zero-order valence-electron chi connectivity index (χ0n) is 15.9. The van der Waals surface area contributed by atoms with Gasteiger partial charge >= 0.3 is 0 Å². The molecule has 0 bridgehead atoms. The summed E-state index contributed by atoms with van der Waals surface area (Å²) in [4.78, 5) is 0. The lowest BCUT2D eigenvalue weighted by Crippen LogP contribution is -2.19. The molecule has 1 aliphatic heterocycles. The van der Waals surface area contributed by atoms with Crippen molar-refractivity contribution in [1.29, 1.82) is 0 Å². The third-order valence-electron chi connectivity index (χ3n) is 4.78. The van der Waals surface area contributed by atoms with Gasteiger partial charge in [0.2, 0.25) is 0 Å². The molecule has 3 aromatic rings. The largest absolute Gasteiger partial charge is 0.378 e. The van der Waals surface area contributed by atoms with E-state index in [0.717, 1.165) is 53.4 Å². The van der Waals surface area contributed by atoms with Gasteiger partial charge in [-0.3, -0.25) is 0 Å². The molecule has 5 nitrogen and oxygen atoms in total. The number of hydrogen-bond acceptors (Lipinski definition) is 5. The van der Waals surface area contributed by atoms with Gasteiger partial charge in [-0.25, -0.2) is 4.39 Å². The third-order valence-corrected chi connectivity index (χ3v) is 6.07. The molecule has 0 amide bonds. The summed E-state index contributed by atoms with van der Waals surface area (Å²) in [7, 11) is 0. The SMILES string of the molecule is Fc1ccc(NCc2nnc(SCc3ccc(Cl)cc3)n2C[C@H]2CCCO2)cc1. The van der Waals surface area contributed by atoms with E-state index in [9.17, 15) is 4.39 Å². The van der Waals surface area contributed by atoms with Crippen LogP contribution in [0.5, 0.6) is 0 Å². The Bertz CT molecular complexity index is 860. The van der Waals surface area contributed by atoms with Crippen LogP contribution >= 0.6 is 23.4 Å². The fourth-order valence-electron chi connectivity index (χ4n) is 3.21. The number of rotatable bonds is 8. The Morgan fingerprint density at radius 3 is 2.66 bits per heavy atom. The number of ether oxygens (including phenoxy) is 1. The predicted octanol–water partition coefficient (Wildman–Crippen LogP) is 5.15. The van der Waals surface area contributed by atoms with Crippen LogP contribution in [0.25, 0.3) is 0 Å². The van der Waals surface area contributed by atoms with Crippen LogP contribution in [0.1, 0.15) is 24.2 Å². The first kappa shape index (κ1) is 20.2. The number of anilines is 1. The van der Waals surface area contributed by atoms with E-state index in [-0.39, 0.29) is 11.9 Å². The van der Waals surface area contributed by atoms with Crippen molar-refractivity contribution in [3.8, 4) is 0 Å². The maximum atomic E-state index is 13.1. The van der Waals surface area contributed by atoms with Crippen LogP contribution in [0.2, 0.25) is 5.02 Å². The summed E-state index contributed by atoms with van der Waals surface area (Å²) < 4.78 is 21.1. The van der Waals surface area contributed by atoms with Gasteiger partial charge in [0.25, 0.3) is 0 Å². The fourth-order valence-corrected chi connectivity index (χ4v) is 4.26. The van der Waals surface area contributed by atoms with E-state index in [1.807, 2.05) is 24.3 Å². The lowest BCUT2D eigenvalue weighted by atomic mass is 10.2.